The third-order valence-corrected chi connectivity index (χ3v) is 3.35. The number of carbonyl (C=O) groups is 1. The average molecular weight is 238 g/mol. The van der Waals surface area contributed by atoms with Gasteiger partial charge in [-0.15, -0.1) is 0 Å². The quantitative estimate of drug-likeness (QED) is 0.872. The Hall–Kier alpha value is -1.52. The minimum atomic E-state index is -0.722. The second-order valence-corrected chi connectivity index (χ2v) is 4.83. The van der Waals surface area contributed by atoms with E-state index in [1.807, 2.05) is 18.7 Å². The molecule has 0 spiro atoms. The predicted molar refractivity (Wildman–Crippen MR) is 62.8 cm³/mol. The lowest BCUT2D eigenvalue weighted by molar-refractivity contribution is -0.143. The summed E-state index contributed by atoms with van der Waals surface area (Å²) in [6, 6.07) is 0.495. The van der Waals surface area contributed by atoms with Gasteiger partial charge in [0.15, 0.2) is 0 Å². The maximum Gasteiger partial charge on any atom is 0.308 e. The van der Waals surface area contributed by atoms with Gasteiger partial charge in [0.2, 0.25) is 0 Å². The Kier molecular flexibility index (Phi) is 3.36. The number of hydrogen-bond donors (Lipinski definition) is 1. The molecule has 0 amide bonds. The van der Waals surface area contributed by atoms with Crippen molar-refractivity contribution in [2.24, 2.45) is 11.8 Å². The molecule has 5 heteroatoms. The van der Waals surface area contributed by atoms with E-state index in [1.165, 1.54) is 6.26 Å². The fourth-order valence-corrected chi connectivity index (χ4v) is 2.69. The average Bonchev–Trinajstić information content (AvgIpc) is 2.81. The number of aliphatic carboxylic acids is 1. The number of aromatic nitrogens is 1. The van der Waals surface area contributed by atoms with Crippen molar-refractivity contribution in [2.75, 3.05) is 11.4 Å². The largest absolute Gasteiger partial charge is 0.481 e. The monoisotopic (exact) mass is 238 g/mol. The number of rotatable bonds is 3. The molecular weight excluding hydrogens is 220 g/mol. The zero-order chi connectivity index (χ0) is 12.4. The first kappa shape index (κ1) is 12.0. The van der Waals surface area contributed by atoms with Crippen LogP contribution in [0.1, 0.15) is 26.7 Å². The minimum Gasteiger partial charge on any atom is -0.481 e. The second kappa shape index (κ2) is 4.77. The predicted octanol–water partition coefficient (Wildman–Crippen LogP) is 2.00. The normalized spacial score (nSPS) is 25.2. The summed E-state index contributed by atoms with van der Waals surface area (Å²) in [5, 5.41) is 9.30. The van der Waals surface area contributed by atoms with E-state index in [4.69, 9.17) is 4.42 Å². The highest BCUT2D eigenvalue weighted by atomic mass is 16.4. The fourth-order valence-electron chi connectivity index (χ4n) is 2.69. The van der Waals surface area contributed by atoms with E-state index >= 15 is 0 Å². The summed E-state index contributed by atoms with van der Waals surface area (Å²) in [6.07, 6.45) is 4.71. The fraction of sp³-hybridized carbons (Fsp3) is 0.667. The smallest absolute Gasteiger partial charge is 0.308 e. The van der Waals surface area contributed by atoms with Crippen LogP contribution in [0.4, 0.5) is 6.01 Å². The molecule has 2 rings (SSSR count). The van der Waals surface area contributed by atoms with Gasteiger partial charge in [-0.1, -0.05) is 13.8 Å². The van der Waals surface area contributed by atoms with Gasteiger partial charge in [-0.3, -0.25) is 4.79 Å². The molecule has 1 saturated heterocycles. The number of carboxylic acid groups (broad SMARTS) is 1. The number of piperidine rings is 1. The summed E-state index contributed by atoms with van der Waals surface area (Å²) < 4.78 is 5.30. The highest BCUT2D eigenvalue weighted by Gasteiger charge is 2.39. The van der Waals surface area contributed by atoms with Crippen LogP contribution < -0.4 is 4.90 Å². The van der Waals surface area contributed by atoms with Crippen molar-refractivity contribution in [1.29, 1.82) is 0 Å². The lowest BCUT2D eigenvalue weighted by Crippen LogP contribution is -2.51. The second-order valence-electron chi connectivity index (χ2n) is 4.83. The lowest BCUT2D eigenvalue weighted by atomic mass is 9.83. The van der Waals surface area contributed by atoms with Gasteiger partial charge in [-0.25, -0.2) is 4.98 Å². The van der Waals surface area contributed by atoms with Crippen molar-refractivity contribution in [1.82, 2.24) is 4.98 Å². The van der Waals surface area contributed by atoms with E-state index < -0.39 is 5.97 Å². The summed E-state index contributed by atoms with van der Waals surface area (Å²) in [5.41, 5.74) is 0. The summed E-state index contributed by atoms with van der Waals surface area (Å²) in [4.78, 5) is 17.4. The van der Waals surface area contributed by atoms with Gasteiger partial charge >= 0.3 is 5.97 Å². The van der Waals surface area contributed by atoms with Gasteiger partial charge in [0.25, 0.3) is 6.01 Å². The molecule has 0 bridgehead atoms. The molecule has 1 fully saturated rings. The van der Waals surface area contributed by atoms with E-state index in [0.717, 1.165) is 19.4 Å². The van der Waals surface area contributed by atoms with E-state index in [0.29, 0.717) is 6.01 Å². The molecule has 1 aromatic heterocycles. The number of hydrogen-bond acceptors (Lipinski definition) is 4. The zero-order valence-electron chi connectivity index (χ0n) is 10.2. The highest BCUT2D eigenvalue weighted by molar-refractivity contribution is 5.72. The maximum atomic E-state index is 11.3. The number of oxazole rings is 1. The highest BCUT2D eigenvalue weighted by Crippen LogP contribution is 2.32. The Balaban J connectivity index is 2.27. The van der Waals surface area contributed by atoms with Crippen molar-refractivity contribution in [2.45, 2.75) is 32.7 Å². The van der Waals surface area contributed by atoms with Crippen LogP contribution in [0.5, 0.6) is 0 Å². The first-order valence-corrected chi connectivity index (χ1v) is 6.00. The topological polar surface area (TPSA) is 66.6 Å². The van der Waals surface area contributed by atoms with Crippen molar-refractivity contribution >= 4 is 12.0 Å². The van der Waals surface area contributed by atoms with Gasteiger partial charge < -0.3 is 14.4 Å². The molecule has 0 radical (unpaired) electrons. The van der Waals surface area contributed by atoms with Crippen LogP contribution in [0.2, 0.25) is 0 Å². The Morgan fingerprint density at radius 3 is 2.94 bits per heavy atom. The summed E-state index contributed by atoms with van der Waals surface area (Å²) in [6.45, 7) is 4.90. The SMILES string of the molecule is CC(C)[C@@H]1[C@@H](C(=O)O)CCCN1c1ncco1. The first-order chi connectivity index (χ1) is 8.11. The Morgan fingerprint density at radius 2 is 2.41 bits per heavy atom. The molecule has 0 aromatic carbocycles. The van der Waals surface area contributed by atoms with E-state index in [-0.39, 0.29) is 17.9 Å². The number of carboxylic acids is 1. The Bertz CT molecular complexity index is 375. The van der Waals surface area contributed by atoms with Gasteiger partial charge in [-0.05, 0) is 18.8 Å². The molecule has 1 aliphatic heterocycles. The van der Waals surface area contributed by atoms with Crippen molar-refractivity contribution < 1.29 is 14.3 Å². The minimum absolute atomic E-state index is 0.0418. The van der Waals surface area contributed by atoms with Crippen LogP contribution >= 0.6 is 0 Å². The van der Waals surface area contributed by atoms with Gasteiger partial charge in [0.1, 0.15) is 6.26 Å². The van der Waals surface area contributed by atoms with E-state index in [2.05, 4.69) is 4.98 Å². The summed E-state index contributed by atoms with van der Waals surface area (Å²) in [5.74, 6) is -0.807. The molecule has 0 aliphatic carbocycles. The molecule has 0 saturated carbocycles. The first-order valence-electron chi connectivity index (χ1n) is 6.00. The molecular formula is C12H18N2O3. The zero-order valence-corrected chi connectivity index (χ0v) is 10.2. The van der Waals surface area contributed by atoms with Gasteiger partial charge in [-0.2, -0.15) is 0 Å². The molecule has 0 unspecified atom stereocenters. The Morgan fingerprint density at radius 1 is 1.65 bits per heavy atom. The Labute approximate surface area is 100 Å². The van der Waals surface area contributed by atoms with Crippen LogP contribution in [0.3, 0.4) is 0 Å². The van der Waals surface area contributed by atoms with Crippen LogP contribution in [0.15, 0.2) is 16.9 Å². The molecule has 2 heterocycles. The molecule has 1 N–H and O–H groups in total. The van der Waals surface area contributed by atoms with Crippen LogP contribution in [0, 0.1) is 11.8 Å². The maximum absolute atomic E-state index is 11.3. The molecule has 1 aliphatic rings. The van der Waals surface area contributed by atoms with Crippen LogP contribution in [-0.2, 0) is 4.79 Å². The molecule has 5 nitrogen and oxygen atoms in total. The van der Waals surface area contributed by atoms with Crippen molar-refractivity contribution in [3.63, 3.8) is 0 Å². The third-order valence-electron chi connectivity index (χ3n) is 3.35. The molecule has 1 aromatic rings. The summed E-state index contributed by atoms with van der Waals surface area (Å²) in [7, 11) is 0. The van der Waals surface area contributed by atoms with Crippen molar-refractivity contribution in [3.8, 4) is 0 Å². The van der Waals surface area contributed by atoms with Gasteiger partial charge in [0, 0.05) is 12.6 Å². The van der Waals surface area contributed by atoms with Crippen molar-refractivity contribution in [3.05, 3.63) is 12.5 Å². The third kappa shape index (κ3) is 2.28. The number of anilines is 1. The van der Waals surface area contributed by atoms with E-state index in [1.54, 1.807) is 6.20 Å². The number of nitrogens with zero attached hydrogens (tertiary/aromatic N) is 2. The molecule has 2 atom stereocenters. The van der Waals surface area contributed by atoms with E-state index in [9.17, 15) is 9.90 Å². The molecule has 94 valence electrons. The lowest BCUT2D eigenvalue weighted by Gasteiger charge is -2.41. The summed E-state index contributed by atoms with van der Waals surface area (Å²) >= 11 is 0. The van der Waals surface area contributed by atoms with Gasteiger partial charge in [0.05, 0.1) is 12.1 Å². The molecule has 17 heavy (non-hydrogen) atoms. The van der Waals surface area contributed by atoms with Crippen LogP contribution in [0.25, 0.3) is 0 Å². The standard InChI is InChI=1S/C12H18N2O3/c1-8(2)10-9(11(15)16)4-3-6-14(10)12-13-5-7-17-12/h5,7-10H,3-4,6H2,1-2H3,(H,15,16)/t9-,10+/m0/s1. The van der Waals surface area contributed by atoms with Crippen LogP contribution in [-0.4, -0.2) is 28.6 Å².